The molecule has 0 bridgehead atoms. The van der Waals surface area contributed by atoms with E-state index < -0.39 is 0 Å². The van der Waals surface area contributed by atoms with Gasteiger partial charge in [-0.1, -0.05) is 6.07 Å². The van der Waals surface area contributed by atoms with E-state index in [0.29, 0.717) is 18.1 Å². The molecule has 0 aliphatic carbocycles. The van der Waals surface area contributed by atoms with Crippen molar-refractivity contribution in [1.29, 1.82) is 0 Å². The van der Waals surface area contributed by atoms with Crippen LogP contribution in [0.2, 0.25) is 0 Å². The molecule has 0 saturated heterocycles. The minimum absolute atomic E-state index is 0.293. The highest BCUT2D eigenvalue weighted by Gasteiger charge is 2.10. The number of halogens is 2. The number of ether oxygens (including phenoxy) is 1. The van der Waals surface area contributed by atoms with Crippen molar-refractivity contribution in [2.45, 2.75) is 19.8 Å². The van der Waals surface area contributed by atoms with Crippen LogP contribution < -0.4 is 0 Å². The maximum Gasteiger partial charge on any atom is 0.339 e. The molecule has 0 unspecified atom stereocenters. The van der Waals surface area contributed by atoms with E-state index in [4.69, 9.17) is 16.3 Å². The molecule has 16 heavy (non-hydrogen) atoms. The summed E-state index contributed by atoms with van der Waals surface area (Å²) in [6.07, 6.45) is 1.86. The molecule has 0 amide bonds. The third-order valence-electron chi connectivity index (χ3n) is 2.13. The summed E-state index contributed by atoms with van der Waals surface area (Å²) in [5.74, 6) is 0.357. The molecule has 0 saturated carbocycles. The number of esters is 1. The Hall–Kier alpha value is -0.540. The molecule has 0 aromatic heterocycles. The molecule has 0 N–H and O–H groups in total. The highest BCUT2D eigenvalue weighted by atomic mass is 79.9. The summed E-state index contributed by atoms with van der Waals surface area (Å²) in [6.45, 7) is 2.18. The van der Waals surface area contributed by atoms with Gasteiger partial charge in [0.05, 0.1) is 12.2 Å². The Balaban J connectivity index is 2.78. The number of benzene rings is 1. The number of carbonyl (C=O) groups is 1. The average molecular weight is 306 g/mol. The molecule has 1 aromatic carbocycles. The first kappa shape index (κ1) is 13.5. The van der Waals surface area contributed by atoms with Gasteiger partial charge < -0.3 is 4.74 Å². The number of aryl methyl sites for hydroxylation is 1. The zero-order valence-electron chi connectivity index (χ0n) is 9.13. The van der Waals surface area contributed by atoms with Gasteiger partial charge in [0.2, 0.25) is 0 Å². The Morgan fingerprint density at radius 3 is 2.81 bits per heavy atom. The largest absolute Gasteiger partial charge is 0.462 e. The molecule has 1 rings (SSSR count). The third-order valence-corrected chi connectivity index (χ3v) is 3.05. The van der Waals surface area contributed by atoms with E-state index >= 15 is 0 Å². The molecular weight excluding hydrogens is 291 g/mol. The van der Waals surface area contributed by atoms with E-state index in [1.165, 1.54) is 5.56 Å². The number of rotatable bonds is 5. The predicted molar refractivity (Wildman–Crippen MR) is 69.1 cm³/mol. The lowest BCUT2D eigenvalue weighted by Gasteiger charge is -2.06. The van der Waals surface area contributed by atoms with Crippen molar-refractivity contribution in [2.75, 3.05) is 12.5 Å². The second-order valence-corrected chi connectivity index (χ2v) is 4.56. The summed E-state index contributed by atoms with van der Waals surface area (Å²) in [5.41, 5.74) is 1.73. The van der Waals surface area contributed by atoms with Crippen LogP contribution in [0.1, 0.15) is 29.3 Å². The Morgan fingerprint density at radius 1 is 1.50 bits per heavy atom. The van der Waals surface area contributed by atoms with Crippen molar-refractivity contribution in [2.24, 2.45) is 0 Å². The van der Waals surface area contributed by atoms with Crippen LogP contribution >= 0.6 is 27.5 Å². The lowest BCUT2D eigenvalue weighted by Crippen LogP contribution is -2.05. The van der Waals surface area contributed by atoms with Crippen molar-refractivity contribution in [3.63, 3.8) is 0 Å². The van der Waals surface area contributed by atoms with E-state index in [2.05, 4.69) is 15.9 Å². The van der Waals surface area contributed by atoms with Crippen LogP contribution in [-0.4, -0.2) is 18.5 Å². The van der Waals surface area contributed by atoms with Crippen LogP contribution in [0, 0.1) is 0 Å². The summed E-state index contributed by atoms with van der Waals surface area (Å²) in [7, 11) is 0. The third kappa shape index (κ3) is 3.80. The van der Waals surface area contributed by atoms with Gasteiger partial charge in [-0.25, -0.2) is 4.79 Å². The first-order chi connectivity index (χ1) is 7.69. The normalized spacial score (nSPS) is 10.2. The SMILES string of the molecule is CCOC(=O)c1ccc(CCCCl)cc1Br. The summed E-state index contributed by atoms with van der Waals surface area (Å²) in [5, 5.41) is 0. The fourth-order valence-electron chi connectivity index (χ4n) is 1.36. The standard InChI is InChI=1S/C12H14BrClO2/c1-2-16-12(15)10-6-5-9(4-3-7-14)8-11(10)13/h5-6,8H,2-4,7H2,1H3. The second-order valence-electron chi connectivity index (χ2n) is 3.33. The van der Waals surface area contributed by atoms with Gasteiger partial charge in [0, 0.05) is 10.4 Å². The zero-order chi connectivity index (χ0) is 12.0. The first-order valence-electron chi connectivity index (χ1n) is 5.20. The Kier molecular flexibility index (Phi) is 5.85. The van der Waals surface area contributed by atoms with E-state index in [0.717, 1.165) is 17.3 Å². The van der Waals surface area contributed by atoms with Crippen molar-refractivity contribution in [3.8, 4) is 0 Å². The molecule has 0 atom stereocenters. The highest BCUT2D eigenvalue weighted by molar-refractivity contribution is 9.10. The summed E-state index contributed by atoms with van der Waals surface area (Å²) >= 11 is 9.00. The Morgan fingerprint density at radius 2 is 2.25 bits per heavy atom. The second kappa shape index (κ2) is 6.92. The number of carbonyl (C=O) groups excluding carboxylic acids is 1. The summed E-state index contributed by atoms with van der Waals surface area (Å²) in [4.78, 5) is 11.5. The van der Waals surface area contributed by atoms with Crippen molar-refractivity contribution >= 4 is 33.5 Å². The fourth-order valence-corrected chi connectivity index (χ4v) is 2.08. The van der Waals surface area contributed by atoms with E-state index in [1.807, 2.05) is 12.1 Å². The van der Waals surface area contributed by atoms with Gasteiger partial charge in [0.1, 0.15) is 0 Å². The lowest BCUT2D eigenvalue weighted by atomic mass is 10.1. The lowest BCUT2D eigenvalue weighted by molar-refractivity contribution is 0.0525. The molecule has 0 spiro atoms. The minimum Gasteiger partial charge on any atom is -0.462 e. The van der Waals surface area contributed by atoms with Crippen LogP contribution in [0.3, 0.4) is 0 Å². The average Bonchev–Trinajstić information content (AvgIpc) is 2.26. The predicted octanol–water partition coefficient (Wildman–Crippen LogP) is 3.80. The van der Waals surface area contributed by atoms with Crippen LogP contribution in [0.5, 0.6) is 0 Å². The van der Waals surface area contributed by atoms with Gasteiger partial charge in [-0.2, -0.15) is 0 Å². The molecule has 0 fully saturated rings. The van der Waals surface area contributed by atoms with Crippen molar-refractivity contribution in [3.05, 3.63) is 33.8 Å². The van der Waals surface area contributed by atoms with Crippen molar-refractivity contribution in [1.82, 2.24) is 0 Å². The molecule has 0 aliphatic heterocycles. The molecule has 2 nitrogen and oxygen atoms in total. The highest BCUT2D eigenvalue weighted by Crippen LogP contribution is 2.20. The molecule has 4 heteroatoms. The fraction of sp³-hybridized carbons (Fsp3) is 0.417. The monoisotopic (exact) mass is 304 g/mol. The van der Waals surface area contributed by atoms with Crippen LogP contribution in [0.25, 0.3) is 0 Å². The Labute approximate surface area is 109 Å². The molecule has 0 aliphatic rings. The quantitative estimate of drug-likeness (QED) is 0.611. The van der Waals surface area contributed by atoms with Crippen LogP contribution in [0.15, 0.2) is 22.7 Å². The Bertz CT molecular complexity index is 366. The van der Waals surface area contributed by atoms with Crippen LogP contribution in [-0.2, 0) is 11.2 Å². The maximum atomic E-state index is 11.5. The van der Waals surface area contributed by atoms with Crippen LogP contribution in [0.4, 0.5) is 0 Å². The topological polar surface area (TPSA) is 26.3 Å². The van der Waals surface area contributed by atoms with Gasteiger partial charge in [-0.3, -0.25) is 0 Å². The molecular formula is C12H14BrClO2. The maximum absolute atomic E-state index is 11.5. The number of hydrogen-bond donors (Lipinski definition) is 0. The van der Waals surface area contributed by atoms with E-state index in [9.17, 15) is 4.79 Å². The van der Waals surface area contributed by atoms with E-state index in [1.54, 1.807) is 13.0 Å². The number of hydrogen-bond acceptors (Lipinski definition) is 2. The zero-order valence-corrected chi connectivity index (χ0v) is 11.5. The smallest absolute Gasteiger partial charge is 0.339 e. The number of alkyl halides is 1. The van der Waals surface area contributed by atoms with E-state index in [-0.39, 0.29) is 5.97 Å². The van der Waals surface area contributed by atoms with Gasteiger partial charge >= 0.3 is 5.97 Å². The summed E-state index contributed by atoms with van der Waals surface area (Å²) < 4.78 is 5.72. The first-order valence-corrected chi connectivity index (χ1v) is 6.53. The molecule has 0 heterocycles. The van der Waals surface area contributed by atoms with Gasteiger partial charge in [-0.15, -0.1) is 11.6 Å². The molecule has 88 valence electrons. The van der Waals surface area contributed by atoms with Gasteiger partial charge in [0.15, 0.2) is 0 Å². The summed E-state index contributed by atoms with van der Waals surface area (Å²) in [6, 6.07) is 5.66. The molecule has 1 aromatic rings. The minimum atomic E-state index is -0.293. The van der Waals surface area contributed by atoms with Gasteiger partial charge in [-0.05, 0) is 53.4 Å². The van der Waals surface area contributed by atoms with Gasteiger partial charge in [0.25, 0.3) is 0 Å². The van der Waals surface area contributed by atoms with Crippen molar-refractivity contribution < 1.29 is 9.53 Å². The molecule has 0 radical (unpaired) electrons.